The first kappa shape index (κ1) is 21.6. The summed E-state index contributed by atoms with van der Waals surface area (Å²) in [4.78, 5) is 24.9. The summed E-state index contributed by atoms with van der Waals surface area (Å²) in [5.74, 6) is -0.907. The molecule has 1 amide bonds. The minimum Gasteiger partial charge on any atom is -0.449 e. The number of carbonyl (C=O) groups is 2. The average molecular weight is 404 g/mol. The number of rotatable bonds is 6. The third-order valence-electron chi connectivity index (χ3n) is 4.35. The Morgan fingerprint density at radius 2 is 1.61 bits per heavy atom. The maximum atomic E-state index is 12.5. The zero-order valence-corrected chi connectivity index (χ0v) is 17.5. The number of aryl methyl sites for hydroxylation is 1. The van der Waals surface area contributed by atoms with Gasteiger partial charge in [-0.05, 0) is 55.2 Å². The van der Waals surface area contributed by atoms with Crippen LogP contribution in [-0.2, 0) is 19.4 Å². The summed E-state index contributed by atoms with van der Waals surface area (Å²) in [7, 11) is -3.35. The van der Waals surface area contributed by atoms with E-state index in [4.69, 9.17) is 4.74 Å². The molecule has 1 N–H and O–H groups in total. The molecule has 0 bridgehead atoms. The van der Waals surface area contributed by atoms with Gasteiger partial charge in [-0.25, -0.2) is 13.2 Å². The second kappa shape index (κ2) is 8.56. The summed E-state index contributed by atoms with van der Waals surface area (Å²) in [5.41, 5.74) is 2.83. The summed E-state index contributed by atoms with van der Waals surface area (Å²) in [5, 5.41) is 2.85. The fraction of sp³-hybridized carbons (Fsp3) is 0.333. The molecule has 150 valence electrons. The van der Waals surface area contributed by atoms with Crippen LogP contribution in [0, 0.1) is 6.92 Å². The SMILES string of the molecule is Cc1cccc(C(C)C)c1NC(=O)[C@H](C)OC(=O)c1ccc(S(C)(=O)=O)cc1. The van der Waals surface area contributed by atoms with E-state index in [1.165, 1.54) is 31.2 Å². The van der Waals surface area contributed by atoms with E-state index >= 15 is 0 Å². The monoisotopic (exact) mass is 403 g/mol. The van der Waals surface area contributed by atoms with Crippen LogP contribution in [0.5, 0.6) is 0 Å². The smallest absolute Gasteiger partial charge is 0.338 e. The van der Waals surface area contributed by atoms with Crippen molar-refractivity contribution in [3.8, 4) is 0 Å². The topological polar surface area (TPSA) is 89.5 Å². The first-order chi connectivity index (χ1) is 13.0. The van der Waals surface area contributed by atoms with Gasteiger partial charge >= 0.3 is 5.97 Å². The van der Waals surface area contributed by atoms with E-state index in [1.807, 2.05) is 39.0 Å². The highest BCUT2D eigenvalue weighted by atomic mass is 32.2. The Kier molecular flexibility index (Phi) is 6.61. The van der Waals surface area contributed by atoms with Crippen LogP contribution in [0.25, 0.3) is 0 Å². The molecule has 0 aromatic heterocycles. The molecule has 0 saturated heterocycles. The number of hydrogen-bond acceptors (Lipinski definition) is 5. The van der Waals surface area contributed by atoms with Crippen molar-refractivity contribution in [2.45, 2.75) is 44.6 Å². The van der Waals surface area contributed by atoms with Gasteiger partial charge in [0.15, 0.2) is 15.9 Å². The summed E-state index contributed by atoms with van der Waals surface area (Å²) in [6.45, 7) is 7.47. The number of hydrogen-bond donors (Lipinski definition) is 1. The van der Waals surface area contributed by atoms with E-state index in [1.54, 1.807) is 0 Å². The molecule has 0 spiro atoms. The van der Waals surface area contributed by atoms with Gasteiger partial charge in [0.1, 0.15) is 0 Å². The van der Waals surface area contributed by atoms with Gasteiger partial charge in [0, 0.05) is 11.9 Å². The van der Waals surface area contributed by atoms with Crippen molar-refractivity contribution in [1.29, 1.82) is 0 Å². The maximum absolute atomic E-state index is 12.5. The molecule has 1 atom stereocenters. The van der Waals surface area contributed by atoms with Crippen molar-refractivity contribution in [3.63, 3.8) is 0 Å². The van der Waals surface area contributed by atoms with E-state index in [0.717, 1.165) is 23.1 Å². The normalized spacial score (nSPS) is 12.5. The Balaban J connectivity index is 2.10. The fourth-order valence-corrected chi connectivity index (χ4v) is 3.32. The van der Waals surface area contributed by atoms with Crippen molar-refractivity contribution < 1.29 is 22.7 Å². The lowest BCUT2D eigenvalue weighted by Gasteiger charge is -2.19. The number of amides is 1. The number of carbonyl (C=O) groups excluding carboxylic acids is 2. The second-order valence-electron chi connectivity index (χ2n) is 7.03. The predicted octanol–water partition coefficient (Wildman–Crippen LogP) is 3.71. The highest BCUT2D eigenvalue weighted by Gasteiger charge is 2.21. The van der Waals surface area contributed by atoms with Gasteiger partial charge in [0.05, 0.1) is 10.5 Å². The van der Waals surface area contributed by atoms with Gasteiger partial charge in [-0.15, -0.1) is 0 Å². The quantitative estimate of drug-likeness (QED) is 0.743. The van der Waals surface area contributed by atoms with Crippen LogP contribution >= 0.6 is 0 Å². The Morgan fingerprint density at radius 3 is 2.14 bits per heavy atom. The molecular formula is C21H25NO5S. The summed E-state index contributed by atoms with van der Waals surface area (Å²) in [6.07, 6.45) is 0.0747. The maximum Gasteiger partial charge on any atom is 0.338 e. The lowest BCUT2D eigenvalue weighted by Crippen LogP contribution is -2.30. The summed E-state index contributed by atoms with van der Waals surface area (Å²) in [6, 6.07) is 11.2. The minimum absolute atomic E-state index is 0.107. The van der Waals surface area contributed by atoms with E-state index in [0.29, 0.717) is 0 Å². The molecule has 2 aromatic carbocycles. The zero-order chi connectivity index (χ0) is 21.1. The molecule has 2 aromatic rings. The lowest BCUT2D eigenvalue weighted by molar-refractivity contribution is -0.123. The van der Waals surface area contributed by atoms with Gasteiger partial charge in [-0.1, -0.05) is 32.0 Å². The first-order valence-electron chi connectivity index (χ1n) is 8.92. The third-order valence-corrected chi connectivity index (χ3v) is 5.47. The van der Waals surface area contributed by atoms with Gasteiger partial charge in [0.25, 0.3) is 5.91 Å². The molecular weight excluding hydrogens is 378 g/mol. The number of ether oxygens (including phenoxy) is 1. The van der Waals surface area contributed by atoms with E-state index in [-0.39, 0.29) is 16.4 Å². The van der Waals surface area contributed by atoms with Crippen LogP contribution in [0.1, 0.15) is 48.2 Å². The second-order valence-corrected chi connectivity index (χ2v) is 9.04. The van der Waals surface area contributed by atoms with Crippen molar-refractivity contribution in [1.82, 2.24) is 0 Å². The van der Waals surface area contributed by atoms with Crippen molar-refractivity contribution >= 4 is 27.4 Å². The average Bonchev–Trinajstić information content (AvgIpc) is 2.62. The summed E-state index contributed by atoms with van der Waals surface area (Å²) < 4.78 is 28.2. The van der Waals surface area contributed by atoms with Crippen molar-refractivity contribution in [3.05, 3.63) is 59.2 Å². The molecule has 0 aliphatic rings. The van der Waals surface area contributed by atoms with Crippen LogP contribution in [0.3, 0.4) is 0 Å². The molecule has 0 radical (unpaired) electrons. The highest BCUT2D eigenvalue weighted by molar-refractivity contribution is 7.90. The number of benzene rings is 2. The molecule has 0 aliphatic heterocycles. The molecule has 7 heteroatoms. The molecule has 6 nitrogen and oxygen atoms in total. The molecule has 0 aliphatic carbocycles. The van der Waals surface area contributed by atoms with Crippen molar-refractivity contribution in [2.75, 3.05) is 11.6 Å². The number of sulfone groups is 1. The van der Waals surface area contributed by atoms with Crippen LogP contribution in [0.4, 0.5) is 5.69 Å². The first-order valence-corrected chi connectivity index (χ1v) is 10.8. The predicted molar refractivity (Wildman–Crippen MR) is 108 cm³/mol. The minimum atomic E-state index is -3.35. The largest absolute Gasteiger partial charge is 0.449 e. The zero-order valence-electron chi connectivity index (χ0n) is 16.6. The van der Waals surface area contributed by atoms with Crippen LogP contribution in [-0.4, -0.2) is 32.7 Å². The highest BCUT2D eigenvalue weighted by Crippen LogP contribution is 2.27. The van der Waals surface area contributed by atoms with Crippen LogP contribution in [0.2, 0.25) is 0 Å². The van der Waals surface area contributed by atoms with Crippen LogP contribution < -0.4 is 5.32 Å². The summed E-state index contributed by atoms with van der Waals surface area (Å²) >= 11 is 0. The van der Waals surface area contributed by atoms with Gasteiger partial charge < -0.3 is 10.1 Å². The van der Waals surface area contributed by atoms with Crippen molar-refractivity contribution in [2.24, 2.45) is 0 Å². The van der Waals surface area contributed by atoms with Gasteiger partial charge in [0.2, 0.25) is 0 Å². The lowest BCUT2D eigenvalue weighted by atomic mass is 9.98. The van der Waals surface area contributed by atoms with Gasteiger partial charge in [-0.2, -0.15) is 0 Å². The number of nitrogens with one attached hydrogen (secondary N) is 1. The standard InChI is InChI=1S/C21H25NO5S/c1-13(2)18-8-6-7-14(3)19(18)22-20(23)15(4)27-21(24)16-9-11-17(12-10-16)28(5,25)26/h6-13,15H,1-5H3,(H,22,23)/t15-/m0/s1. The van der Waals surface area contributed by atoms with E-state index in [9.17, 15) is 18.0 Å². The fourth-order valence-electron chi connectivity index (χ4n) is 2.69. The number of para-hydroxylation sites is 1. The Hall–Kier alpha value is -2.67. The van der Waals surface area contributed by atoms with Crippen LogP contribution in [0.15, 0.2) is 47.4 Å². The molecule has 0 heterocycles. The molecule has 0 unspecified atom stereocenters. The Morgan fingerprint density at radius 1 is 1.00 bits per heavy atom. The Bertz CT molecular complexity index is 978. The third kappa shape index (κ3) is 5.19. The number of anilines is 1. The van der Waals surface area contributed by atoms with E-state index in [2.05, 4.69) is 5.32 Å². The van der Waals surface area contributed by atoms with Gasteiger partial charge in [-0.3, -0.25) is 4.79 Å². The number of esters is 1. The van der Waals surface area contributed by atoms with E-state index < -0.39 is 27.8 Å². The molecule has 0 saturated carbocycles. The molecule has 2 rings (SSSR count). The Labute approximate surface area is 165 Å². The molecule has 0 fully saturated rings. The molecule has 28 heavy (non-hydrogen) atoms.